The van der Waals surface area contributed by atoms with Gasteiger partial charge >= 0.3 is 0 Å². The van der Waals surface area contributed by atoms with Gasteiger partial charge in [0.2, 0.25) is 0 Å². The maximum Gasteiger partial charge on any atom is 0.125 e. The highest BCUT2D eigenvalue weighted by Crippen LogP contribution is 2.33. The van der Waals surface area contributed by atoms with E-state index in [0.29, 0.717) is 0 Å². The summed E-state index contributed by atoms with van der Waals surface area (Å²) in [5.41, 5.74) is 9.44. The van der Waals surface area contributed by atoms with Crippen LogP contribution < -0.4 is 5.73 Å². The molecule has 0 spiro atoms. The lowest BCUT2D eigenvalue weighted by Crippen LogP contribution is -1.85. The Morgan fingerprint density at radius 2 is 1.89 bits per heavy atom. The zero-order valence-corrected chi connectivity index (χ0v) is 11.6. The van der Waals surface area contributed by atoms with Gasteiger partial charge in [-0.2, -0.15) is 0 Å². The third-order valence-electron chi connectivity index (χ3n) is 2.79. The van der Waals surface area contributed by atoms with Crippen LogP contribution in [0.2, 0.25) is 5.02 Å². The van der Waals surface area contributed by atoms with Gasteiger partial charge in [-0.3, -0.25) is 0 Å². The van der Waals surface area contributed by atoms with Crippen LogP contribution in [0.3, 0.4) is 0 Å². The molecule has 2 nitrogen and oxygen atoms in total. The first-order chi connectivity index (χ1) is 9.24. The Morgan fingerprint density at radius 1 is 1.05 bits per heavy atom. The molecule has 2 N–H and O–H groups in total. The predicted molar refractivity (Wildman–Crippen MR) is 82.4 cm³/mol. The second-order valence-corrected chi connectivity index (χ2v) is 5.41. The lowest BCUT2D eigenvalue weighted by molar-refractivity contribution is 1.40. The molecule has 1 heterocycles. The van der Waals surface area contributed by atoms with Crippen molar-refractivity contribution in [3.63, 3.8) is 0 Å². The molecule has 0 amide bonds. The third-order valence-corrected chi connectivity index (χ3v) is 4.00. The van der Waals surface area contributed by atoms with Crippen LogP contribution in [-0.2, 0) is 0 Å². The minimum absolute atomic E-state index is 0.718. The van der Waals surface area contributed by atoms with Gasteiger partial charge in [-0.25, -0.2) is 4.98 Å². The molecule has 0 fully saturated rings. The van der Waals surface area contributed by atoms with Crippen LogP contribution in [0.5, 0.6) is 0 Å². The van der Waals surface area contributed by atoms with E-state index in [1.54, 1.807) is 11.3 Å². The molecule has 1 aromatic heterocycles. The molecule has 0 saturated carbocycles. The summed E-state index contributed by atoms with van der Waals surface area (Å²) in [5.74, 6) is 0. The molecule has 0 saturated heterocycles. The summed E-state index contributed by atoms with van der Waals surface area (Å²) in [6.45, 7) is 0. The van der Waals surface area contributed by atoms with Crippen LogP contribution in [-0.4, -0.2) is 4.98 Å². The van der Waals surface area contributed by atoms with Gasteiger partial charge in [0.25, 0.3) is 0 Å². The molecule has 0 bridgehead atoms. The zero-order valence-electron chi connectivity index (χ0n) is 10.0. The Labute approximate surface area is 120 Å². The number of benzene rings is 2. The highest BCUT2D eigenvalue weighted by Gasteiger charge is 2.09. The first-order valence-electron chi connectivity index (χ1n) is 5.80. The van der Waals surface area contributed by atoms with E-state index in [9.17, 15) is 0 Å². The minimum atomic E-state index is 0.718. The molecule has 2 aromatic carbocycles. The van der Waals surface area contributed by atoms with Gasteiger partial charge in [-0.05, 0) is 18.2 Å². The number of aromatic nitrogens is 1. The number of nitrogens with two attached hydrogens (primary N) is 1. The van der Waals surface area contributed by atoms with Gasteiger partial charge in [0.15, 0.2) is 0 Å². The first-order valence-corrected chi connectivity index (χ1v) is 7.06. The summed E-state index contributed by atoms with van der Waals surface area (Å²) < 4.78 is 0. The molecule has 3 rings (SSSR count). The van der Waals surface area contributed by atoms with E-state index < -0.39 is 0 Å². The lowest BCUT2D eigenvalue weighted by Gasteiger charge is -2.00. The van der Waals surface area contributed by atoms with E-state index in [1.165, 1.54) is 0 Å². The van der Waals surface area contributed by atoms with Gasteiger partial charge in [0.05, 0.1) is 10.7 Å². The van der Waals surface area contributed by atoms with Gasteiger partial charge in [-0.1, -0.05) is 41.9 Å². The van der Waals surface area contributed by atoms with Crippen molar-refractivity contribution >= 4 is 28.6 Å². The van der Waals surface area contributed by atoms with E-state index in [0.717, 1.165) is 32.5 Å². The molecular weight excluding hydrogens is 276 g/mol. The fourth-order valence-electron chi connectivity index (χ4n) is 1.86. The molecule has 0 radical (unpaired) electrons. The van der Waals surface area contributed by atoms with E-state index in [4.69, 9.17) is 17.3 Å². The molecule has 0 atom stereocenters. The molecule has 3 aromatic rings. The van der Waals surface area contributed by atoms with Crippen LogP contribution in [0.4, 0.5) is 5.69 Å². The SMILES string of the molecule is Nc1cccc(-c2csc(-c3ccccc3Cl)n2)c1. The fourth-order valence-corrected chi connectivity index (χ4v) is 3.01. The highest BCUT2D eigenvalue weighted by molar-refractivity contribution is 7.13. The van der Waals surface area contributed by atoms with Crippen molar-refractivity contribution < 1.29 is 0 Å². The molecule has 0 unspecified atom stereocenters. The summed E-state index contributed by atoms with van der Waals surface area (Å²) in [5, 5.41) is 3.66. The number of thiazole rings is 1. The average Bonchev–Trinajstić information content (AvgIpc) is 2.89. The number of halogens is 1. The molecule has 0 aliphatic rings. The third kappa shape index (κ3) is 2.48. The van der Waals surface area contributed by atoms with E-state index >= 15 is 0 Å². The van der Waals surface area contributed by atoms with Gasteiger partial charge in [-0.15, -0.1) is 11.3 Å². The smallest absolute Gasteiger partial charge is 0.125 e. The molecule has 94 valence electrons. The molecule has 4 heteroatoms. The van der Waals surface area contributed by atoms with Crippen LogP contribution in [0.15, 0.2) is 53.9 Å². The van der Waals surface area contributed by atoms with Gasteiger partial charge in [0, 0.05) is 22.2 Å². The number of nitrogen functional groups attached to an aromatic ring is 1. The van der Waals surface area contributed by atoms with E-state index in [-0.39, 0.29) is 0 Å². The van der Waals surface area contributed by atoms with Crippen LogP contribution >= 0.6 is 22.9 Å². The van der Waals surface area contributed by atoms with Crippen molar-refractivity contribution in [3.05, 3.63) is 58.9 Å². The van der Waals surface area contributed by atoms with Crippen molar-refractivity contribution in [2.75, 3.05) is 5.73 Å². The number of anilines is 1. The number of rotatable bonds is 2. The Hall–Kier alpha value is -1.84. The second kappa shape index (κ2) is 5.03. The van der Waals surface area contributed by atoms with Crippen molar-refractivity contribution in [2.45, 2.75) is 0 Å². The standard InChI is InChI=1S/C15H11ClN2S/c16-13-7-2-1-6-12(13)15-18-14(9-19-15)10-4-3-5-11(17)8-10/h1-9H,17H2. The van der Waals surface area contributed by atoms with Crippen LogP contribution in [0, 0.1) is 0 Å². The monoisotopic (exact) mass is 286 g/mol. The average molecular weight is 287 g/mol. The summed E-state index contributed by atoms with van der Waals surface area (Å²) in [4.78, 5) is 4.63. The molecule has 0 aliphatic carbocycles. The Kier molecular flexibility index (Phi) is 3.23. The number of hydrogen-bond acceptors (Lipinski definition) is 3. The van der Waals surface area contributed by atoms with Crippen LogP contribution in [0.25, 0.3) is 21.8 Å². The van der Waals surface area contributed by atoms with Crippen molar-refractivity contribution in [3.8, 4) is 21.8 Å². The summed E-state index contributed by atoms with van der Waals surface area (Å²) >= 11 is 7.77. The predicted octanol–water partition coefficient (Wildman–Crippen LogP) is 4.71. The zero-order chi connectivity index (χ0) is 13.2. The van der Waals surface area contributed by atoms with E-state index in [1.807, 2.05) is 53.9 Å². The summed E-state index contributed by atoms with van der Waals surface area (Å²) in [6.07, 6.45) is 0. The first kappa shape index (κ1) is 12.2. The molecule has 0 aliphatic heterocycles. The number of nitrogens with zero attached hydrogens (tertiary/aromatic N) is 1. The quantitative estimate of drug-likeness (QED) is 0.693. The van der Waals surface area contributed by atoms with Crippen LogP contribution in [0.1, 0.15) is 0 Å². The fraction of sp³-hybridized carbons (Fsp3) is 0. The van der Waals surface area contributed by atoms with Gasteiger partial charge in [0.1, 0.15) is 5.01 Å². The largest absolute Gasteiger partial charge is 0.399 e. The van der Waals surface area contributed by atoms with Gasteiger partial charge < -0.3 is 5.73 Å². The maximum absolute atomic E-state index is 6.19. The number of hydrogen-bond donors (Lipinski definition) is 1. The Balaban J connectivity index is 2.03. The summed E-state index contributed by atoms with van der Waals surface area (Å²) in [7, 11) is 0. The summed E-state index contributed by atoms with van der Waals surface area (Å²) in [6, 6.07) is 15.4. The normalized spacial score (nSPS) is 10.6. The van der Waals surface area contributed by atoms with Crippen molar-refractivity contribution in [1.82, 2.24) is 4.98 Å². The van der Waals surface area contributed by atoms with Crippen molar-refractivity contribution in [2.24, 2.45) is 0 Å². The molecular formula is C15H11ClN2S. The van der Waals surface area contributed by atoms with Crippen molar-refractivity contribution in [1.29, 1.82) is 0 Å². The topological polar surface area (TPSA) is 38.9 Å². The molecule has 19 heavy (non-hydrogen) atoms. The highest BCUT2D eigenvalue weighted by atomic mass is 35.5. The lowest BCUT2D eigenvalue weighted by atomic mass is 10.1. The second-order valence-electron chi connectivity index (χ2n) is 4.14. The maximum atomic E-state index is 6.19. The minimum Gasteiger partial charge on any atom is -0.399 e. The van der Waals surface area contributed by atoms with E-state index in [2.05, 4.69) is 4.98 Å². The Bertz CT molecular complexity index is 721. The Morgan fingerprint density at radius 3 is 2.68 bits per heavy atom.